The van der Waals surface area contributed by atoms with Gasteiger partial charge in [0.25, 0.3) is 5.91 Å². The molecule has 2 amide bonds. The Hall–Kier alpha value is -2.57. The summed E-state index contributed by atoms with van der Waals surface area (Å²) in [5.41, 5.74) is 1.56. The molecule has 0 aromatic heterocycles. The number of nitrogens with one attached hydrogen (secondary N) is 1. The molecule has 1 heterocycles. The van der Waals surface area contributed by atoms with Crippen molar-refractivity contribution >= 4 is 29.3 Å². The Morgan fingerprint density at radius 1 is 1.17 bits per heavy atom. The molecule has 1 fully saturated rings. The topological polar surface area (TPSA) is 67.9 Å². The summed E-state index contributed by atoms with van der Waals surface area (Å²) in [6.07, 6.45) is 0.171. The minimum atomic E-state index is -0.539. The van der Waals surface area contributed by atoms with Crippen molar-refractivity contribution in [3.05, 3.63) is 64.7 Å². The van der Waals surface area contributed by atoms with Crippen LogP contribution < -0.4 is 5.32 Å². The standard InChI is InChI=1S/C23H27ClN2O4/c1-23(2,3)30-22(28)26-12-5-13-29-20(15-26)16-8-10-19(11-9-16)25-21(27)17-6-4-7-18(24)14-17/h4,6-11,14,20H,5,12-13,15H2,1-3H3,(H,25,27). The summed E-state index contributed by atoms with van der Waals surface area (Å²) in [7, 11) is 0. The molecule has 1 atom stereocenters. The zero-order chi connectivity index (χ0) is 21.7. The van der Waals surface area contributed by atoms with Crippen LogP contribution in [0.3, 0.4) is 0 Å². The molecule has 1 aliphatic heterocycles. The third kappa shape index (κ3) is 6.21. The minimum absolute atomic E-state index is 0.230. The van der Waals surface area contributed by atoms with Crippen molar-refractivity contribution in [3.8, 4) is 0 Å². The summed E-state index contributed by atoms with van der Waals surface area (Å²) in [6, 6.07) is 14.2. The molecule has 30 heavy (non-hydrogen) atoms. The SMILES string of the molecule is CC(C)(C)OC(=O)N1CCCOC(c2ccc(NC(=O)c3cccc(Cl)c3)cc2)C1. The fraction of sp³-hybridized carbons (Fsp3) is 0.391. The molecule has 1 aliphatic rings. The van der Waals surface area contributed by atoms with Crippen LogP contribution >= 0.6 is 11.6 Å². The van der Waals surface area contributed by atoms with Gasteiger partial charge in [-0.3, -0.25) is 4.79 Å². The first-order chi connectivity index (χ1) is 14.2. The fourth-order valence-electron chi connectivity index (χ4n) is 3.13. The van der Waals surface area contributed by atoms with Gasteiger partial charge in [-0.2, -0.15) is 0 Å². The van der Waals surface area contributed by atoms with Crippen molar-refractivity contribution in [2.24, 2.45) is 0 Å². The van der Waals surface area contributed by atoms with Crippen molar-refractivity contribution in [2.45, 2.75) is 38.9 Å². The van der Waals surface area contributed by atoms with Crippen LogP contribution in [0.1, 0.15) is 49.2 Å². The average molecular weight is 431 g/mol. The lowest BCUT2D eigenvalue weighted by Crippen LogP contribution is -2.38. The van der Waals surface area contributed by atoms with Gasteiger partial charge in [0.05, 0.1) is 6.54 Å². The lowest BCUT2D eigenvalue weighted by atomic mass is 10.1. The van der Waals surface area contributed by atoms with Crippen molar-refractivity contribution in [3.63, 3.8) is 0 Å². The van der Waals surface area contributed by atoms with Crippen LogP contribution in [-0.4, -0.2) is 42.2 Å². The number of ether oxygens (including phenoxy) is 2. The summed E-state index contributed by atoms with van der Waals surface area (Å²) in [6.45, 7) is 7.15. The van der Waals surface area contributed by atoms with Gasteiger partial charge in [-0.25, -0.2) is 4.79 Å². The molecule has 0 aliphatic carbocycles. The summed E-state index contributed by atoms with van der Waals surface area (Å²) >= 11 is 5.95. The summed E-state index contributed by atoms with van der Waals surface area (Å²) in [4.78, 5) is 26.5. The van der Waals surface area contributed by atoms with E-state index >= 15 is 0 Å². The average Bonchev–Trinajstić information content (AvgIpc) is 2.94. The predicted molar refractivity (Wildman–Crippen MR) is 117 cm³/mol. The zero-order valence-electron chi connectivity index (χ0n) is 17.5. The Labute approximate surface area is 182 Å². The number of rotatable bonds is 3. The second kappa shape index (κ2) is 9.49. The Bertz CT molecular complexity index is 893. The molecule has 1 unspecified atom stereocenters. The number of hydrogen-bond donors (Lipinski definition) is 1. The van der Waals surface area contributed by atoms with Gasteiger partial charge >= 0.3 is 6.09 Å². The lowest BCUT2D eigenvalue weighted by molar-refractivity contribution is 0.0140. The number of hydrogen-bond acceptors (Lipinski definition) is 4. The highest BCUT2D eigenvalue weighted by Gasteiger charge is 2.27. The van der Waals surface area contributed by atoms with E-state index in [4.69, 9.17) is 21.1 Å². The predicted octanol–water partition coefficient (Wildman–Crippen LogP) is 5.29. The van der Waals surface area contributed by atoms with E-state index in [1.165, 1.54) is 0 Å². The van der Waals surface area contributed by atoms with E-state index in [-0.39, 0.29) is 18.1 Å². The molecule has 0 bridgehead atoms. The van der Waals surface area contributed by atoms with E-state index in [2.05, 4.69) is 5.32 Å². The van der Waals surface area contributed by atoms with E-state index in [9.17, 15) is 9.59 Å². The Kier molecular flexibility index (Phi) is 7.00. The number of nitrogens with zero attached hydrogens (tertiary/aromatic N) is 1. The van der Waals surface area contributed by atoms with Gasteiger partial charge in [0.1, 0.15) is 11.7 Å². The molecule has 0 spiro atoms. The van der Waals surface area contributed by atoms with Crippen LogP contribution in [0, 0.1) is 0 Å². The number of amides is 2. The zero-order valence-corrected chi connectivity index (χ0v) is 18.2. The maximum absolute atomic E-state index is 12.5. The van der Waals surface area contributed by atoms with E-state index in [1.807, 2.05) is 45.0 Å². The van der Waals surface area contributed by atoms with Gasteiger partial charge in [0.15, 0.2) is 0 Å². The Morgan fingerprint density at radius 3 is 2.57 bits per heavy atom. The van der Waals surface area contributed by atoms with E-state index in [1.54, 1.807) is 29.2 Å². The molecule has 1 saturated heterocycles. The Balaban J connectivity index is 1.65. The third-order valence-electron chi connectivity index (χ3n) is 4.56. The minimum Gasteiger partial charge on any atom is -0.444 e. The number of halogens is 1. The van der Waals surface area contributed by atoms with Crippen LogP contribution in [0.4, 0.5) is 10.5 Å². The molecule has 0 radical (unpaired) electrons. The van der Waals surface area contributed by atoms with Crippen molar-refractivity contribution in [1.82, 2.24) is 4.90 Å². The molecule has 7 heteroatoms. The highest BCUT2D eigenvalue weighted by Crippen LogP contribution is 2.25. The van der Waals surface area contributed by atoms with Crippen molar-refractivity contribution < 1.29 is 19.1 Å². The highest BCUT2D eigenvalue weighted by atomic mass is 35.5. The second-order valence-corrected chi connectivity index (χ2v) is 8.66. The van der Waals surface area contributed by atoms with Crippen molar-refractivity contribution in [1.29, 1.82) is 0 Å². The van der Waals surface area contributed by atoms with Gasteiger partial charge in [-0.15, -0.1) is 0 Å². The monoisotopic (exact) mass is 430 g/mol. The van der Waals surface area contributed by atoms with Crippen LogP contribution in [0.2, 0.25) is 5.02 Å². The van der Waals surface area contributed by atoms with Crippen molar-refractivity contribution in [2.75, 3.05) is 25.0 Å². The molecule has 0 saturated carbocycles. The fourth-order valence-corrected chi connectivity index (χ4v) is 3.32. The smallest absolute Gasteiger partial charge is 0.410 e. The van der Waals surface area contributed by atoms with Gasteiger partial charge in [0.2, 0.25) is 0 Å². The van der Waals surface area contributed by atoms with Crippen LogP contribution in [0.15, 0.2) is 48.5 Å². The number of anilines is 1. The first-order valence-corrected chi connectivity index (χ1v) is 10.4. The van der Waals surface area contributed by atoms with E-state index < -0.39 is 5.60 Å². The van der Waals surface area contributed by atoms with Gasteiger partial charge in [0, 0.05) is 29.4 Å². The number of carbonyl (C=O) groups excluding carboxylic acids is 2. The number of carbonyl (C=O) groups is 2. The first kappa shape index (κ1) is 22.1. The third-order valence-corrected chi connectivity index (χ3v) is 4.79. The maximum Gasteiger partial charge on any atom is 0.410 e. The van der Waals surface area contributed by atoms with E-state index in [0.717, 1.165) is 12.0 Å². The first-order valence-electron chi connectivity index (χ1n) is 9.98. The second-order valence-electron chi connectivity index (χ2n) is 8.23. The molecule has 3 rings (SSSR count). The highest BCUT2D eigenvalue weighted by molar-refractivity contribution is 6.31. The molecule has 2 aromatic rings. The Morgan fingerprint density at radius 2 is 1.90 bits per heavy atom. The molecule has 160 valence electrons. The van der Waals surface area contributed by atoms with Gasteiger partial charge in [-0.1, -0.05) is 29.8 Å². The number of benzene rings is 2. The lowest BCUT2D eigenvalue weighted by Gasteiger charge is -2.28. The molecular formula is C23H27ClN2O4. The van der Waals surface area contributed by atoms with Crippen LogP contribution in [-0.2, 0) is 9.47 Å². The molecule has 2 aromatic carbocycles. The van der Waals surface area contributed by atoms with Gasteiger partial charge < -0.3 is 19.7 Å². The molecule has 1 N–H and O–H groups in total. The summed E-state index contributed by atoms with van der Waals surface area (Å²) in [5, 5.41) is 3.37. The van der Waals surface area contributed by atoms with Crippen LogP contribution in [0.5, 0.6) is 0 Å². The molecular weight excluding hydrogens is 404 g/mol. The largest absolute Gasteiger partial charge is 0.444 e. The quantitative estimate of drug-likeness (QED) is 0.718. The molecule has 6 nitrogen and oxygen atoms in total. The summed E-state index contributed by atoms with van der Waals surface area (Å²) < 4.78 is 11.5. The van der Waals surface area contributed by atoms with E-state index in [0.29, 0.717) is 36.0 Å². The summed E-state index contributed by atoms with van der Waals surface area (Å²) in [5.74, 6) is -0.230. The normalized spacial score (nSPS) is 17.2. The maximum atomic E-state index is 12.5. The van der Waals surface area contributed by atoms with Crippen LogP contribution in [0.25, 0.3) is 0 Å². The van der Waals surface area contributed by atoms with Gasteiger partial charge in [-0.05, 0) is 63.1 Å².